The fourth-order valence-corrected chi connectivity index (χ4v) is 7.40. The molecular formula is C31H37Cl2N5O3. The molecule has 4 amide bonds. The highest BCUT2D eigenvalue weighted by molar-refractivity contribution is 6.42. The lowest BCUT2D eigenvalue weighted by molar-refractivity contribution is -0.150. The fraction of sp³-hybridized carbons (Fsp3) is 0.516. The smallest absolute Gasteiger partial charge is 0.322 e. The number of carbonyl (C=O) groups excluding carboxylic acids is 3. The van der Waals surface area contributed by atoms with Crippen LogP contribution in [-0.4, -0.2) is 89.8 Å². The van der Waals surface area contributed by atoms with Crippen molar-refractivity contribution in [3.05, 3.63) is 63.6 Å². The average molecular weight is 599 g/mol. The van der Waals surface area contributed by atoms with E-state index < -0.39 is 5.92 Å². The van der Waals surface area contributed by atoms with E-state index in [1.165, 1.54) is 0 Å². The van der Waals surface area contributed by atoms with Crippen LogP contribution in [0.2, 0.25) is 10.0 Å². The summed E-state index contributed by atoms with van der Waals surface area (Å²) in [6.07, 6.45) is 3.14. The number of rotatable bonds is 6. The summed E-state index contributed by atoms with van der Waals surface area (Å²) in [6.45, 7) is 5.32. The van der Waals surface area contributed by atoms with Gasteiger partial charge in [0, 0.05) is 62.8 Å². The van der Waals surface area contributed by atoms with Gasteiger partial charge in [0.25, 0.3) is 0 Å². The number of fused-ring (bicyclic) bond motifs is 1. The number of urea groups is 1. The number of hydrogen-bond acceptors (Lipinski definition) is 4. The summed E-state index contributed by atoms with van der Waals surface area (Å²) in [7, 11) is 2.13. The minimum Gasteiger partial charge on any atom is -0.343 e. The van der Waals surface area contributed by atoms with Crippen LogP contribution in [-0.2, 0) is 22.6 Å². The number of para-hydroxylation sites is 1. The molecule has 10 heteroatoms. The van der Waals surface area contributed by atoms with Crippen LogP contribution in [0.25, 0.3) is 0 Å². The summed E-state index contributed by atoms with van der Waals surface area (Å²) in [5, 5.41) is 3.92. The van der Waals surface area contributed by atoms with Gasteiger partial charge >= 0.3 is 6.03 Å². The Hall–Kier alpha value is -2.81. The number of likely N-dealkylation sites (tertiary alicyclic amines) is 3. The number of anilines is 1. The molecule has 0 aromatic heterocycles. The van der Waals surface area contributed by atoms with Crippen LogP contribution in [0, 0.1) is 11.3 Å². The van der Waals surface area contributed by atoms with Crippen LogP contribution >= 0.6 is 23.2 Å². The van der Waals surface area contributed by atoms with Gasteiger partial charge in [-0.2, -0.15) is 0 Å². The molecular weight excluding hydrogens is 561 g/mol. The van der Waals surface area contributed by atoms with Crippen molar-refractivity contribution in [2.24, 2.45) is 11.3 Å². The molecule has 3 saturated heterocycles. The van der Waals surface area contributed by atoms with E-state index in [1.807, 2.05) is 45.0 Å². The molecule has 1 N–H and O–H groups in total. The third-order valence-corrected chi connectivity index (χ3v) is 10.1. The summed E-state index contributed by atoms with van der Waals surface area (Å²) < 4.78 is 0. The molecule has 1 atom stereocenters. The second-order valence-corrected chi connectivity index (χ2v) is 13.2. The minimum atomic E-state index is -0.460. The zero-order valence-electron chi connectivity index (χ0n) is 23.5. The average Bonchev–Trinajstić information content (AvgIpc) is 3.35. The van der Waals surface area contributed by atoms with Crippen molar-refractivity contribution < 1.29 is 14.4 Å². The molecule has 0 unspecified atom stereocenters. The van der Waals surface area contributed by atoms with Crippen molar-refractivity contribution >= 4 is 46.7 Å². The van der Waals surface area contributed by atoms with Crippen LogP contribution in [0.3, 0.4) is 0 Å². The number of nitrogens with zero attached hydrogens (tertiary/aromatic N) is 4. The molecule has 0 saturated carbocycles. The molecule has 4 heterocycles. The Balaban J connectivity index is 1.09. The molecule has 3 fully saturated rings. The molecule has 218 valence electrons. The van der Waals surface area contributed by atoms with Crippen LogP contribution in [0.15, 0.2) is 42.5 Å². The van der Waals surface area contributed by atoms with Gasteiger partial charge in [0.2, 0.25) is 11.8 Å². The van der Waals surface area contributed by atoms with Gasteiger partial charge in [-0.3, -0.25) is 9.59 Å². The topological polar surface area (TPSA) is 76.2 Å². The maximum Gasteiger partial charge on any atom is 0.322 e. The van der Waals surface area contributed by atoms with E-state index in [1.54, 1.807) is 12.1 Å². The number of benzene rings is 2. The largest absolute Gasteiger partial charge is 0.343 e. The fourth-order valence-electron chi connectivity index (χ4n) is 7.08. The van der Waals surface area contributed by atoms with Gasteiger partial charge in [0.05, 0.1) is 16.0 Å². The van der Waals surface area contributed by atoms with Crippen molar-refractivity contribution in [1.29, 1.82) is 0 Å². The highest BCUT2D eigenvalue weighted by Gasteiger charge is 2.49. The SMILES string of the molecule is CN1CCC2(C1)CN(C(=O)[C@@H](CC(=O)N1CCC(N3Cc4ccccc4NC3=O)CC1)Cc1ccc(Cl)c(Cl)c1)C2. The Morgan fingerprint density at radius 3 is 2.46 bits per heavy atom. The van der Waals surface area contributed by atoms with E-state index in [0.29, 0.717) is 36.1 Å². The number of halogens is 2. The highest BCUT2D eigenvalue weighted by Crippen LogP contribution is 2.40. The molecule has 0 radical (unpaired) electrons. The third kappa shape index (κ3) is 5.92. The Morgan fingerprint density at radius 1 is 1.00 bits per heavy atom. The lowest BCUT2D eigenvalue weighted by Crippen LogP contribution is -2.61. The van der Waals surface area contributed by atoms with Gasteiger partial charge < -0.3 is 24.9 Å². The highest BCUT2D eigenvalue weighted by atomic mass is 35.5. The van der Waals surface area contributed by atoms with Crippen molar-refractivity contribution in [3.63, 3.8) is 0 Å². The zero-order valence-corrected chi connectivity index (χ0v) is 25.0. The molecule has 8 nitrogen and oxygen atoms in total. The normalized spacial score (nSPS) is 21.4. The van der Waals surface area contributed by atoms with Gasteiger partial charge in [-0.15, -0.1) is 0 Å². The van der Waals surface area contributed by atoms with Crippen molar-refractivity contribution in [2.75, 3.05) is 51.6 Å². The zero-order chi connectivity index (χ0) is 28.7. The molecule has 2 aromatic rings. The Labute approximate surface area is 251 Å². The molecule has 4 aliphatic rings. The third-order valence-electron chi connectivity index (χ3n) is 9.35. The number of hydrogen-bond donors (Lipinski definition) is 1. The first-order valence-corrected chi connectivity index (χ1v) is 15.3. The summed E-state index contributed by atoms with van der Waals surface area (Å²) in [5.74, 6) is -0.424. The summed E-state index contributed by atoms with van der Waals surface area (Å²) in [6, 6.07) is 13.3. The molecule has 1 spiro atoms. The quantitative estimate of drug-likeness (QED) is 0.521. The Morgan fingerprint density at radius 2 is 1.76 bits per heavy atom. The second-order valence-electron chi connectivity index (χ2n) is 12.4. The Bertz CT molecular complexity index is 1340. The van der Waals surface area contributed by atoms with E-state index in [9.17, 15) is 14.4 Å². The van der Waals surface area contributed by atoms with E-state index in [0.717, 1.165) is 62.3 Å². The maximum atomic E-state index is 13.7. The lowest BCUT2D eigenvalue weighted by Gasteiger charge is -2.49. The summed E-state index contributed by atoms with van der Waals surface area (Å²) in [5.41, 5.74) is 3.07. The van der Waals surface area contributed by atoms with Gasteiger partial charge in [0.1, 0.15) is 0 Å². The van der Waals surface area contributed by atoms with Gasteiger partial charge in [-0.05, 0) is 68.6 Å². The van der Waals surface area contributed by atoms with E-state index in [4.69, 9.17) is 23.2 Å². The predicted molar refractivity (Wildman–Crippen MR) is 160 cm³/mol. The van der Waals surface area contributed by atoms with Crippen molar-refractivity contribution in [1.82, 2.24) is 19.6 Å². The van der Waals surface area contributed by atoms with Gasteiger partial charge in [-0.25, -0.2) is 4.79 Å². The second kappa shape index (κ2) is 11.5. The van der Waals surface area contributed by atoms with Crippen molar-refractivity contribution in [3.8, 4) is 0 Å². The maximum absolute atomic E-state index is 13.7. The molecule has 6 rings (SSSR count). The van der Waals surface area contributed by atoms with Crippen LogP contribution < -0.4 is 5.32 Å². The Kier molecular flexibility index (Phi) is 7.92. The minimum absolute atomic E-state index is 0.00821. The van der Waals surface area contributed by atoms with E-state index >= 15 is 0 Å². The van der Waals surface area contributed by atoms with Gasteiger partial charge in [0.15, 0.2) is 0 Å². The van der Waals surface area contributed by atoms with Crippen molar-refractivity contribution in [2.45, 2.75) is 44.7 Å². The monoisotopic (exact) mass is 597 g/mol. The number of piperidine rings is 1. The molecule has 0 aliphatic carbocycles. The first-order chi connectivity index (χ1) is 19.7. The predicted octanol–water partition coefficient (Wildman–Crippen LogP) is 4.75. The molecule has 2 aromatic carbocycles. The van der Waals surface area contributed by atoms with Crippen LogP contribution in [0.4, 0.5) is 10.5 Å². The molecule has 4 aliphatic heterocycles. The van der Waals surface area contributed by atoms with E-state index in [2.05, 4.69) is 17.3 Å². The first kappa shape index (κ1) is 28.3. The standard InChI is InChI=1S/C31H37Cl2N5O3/c1-35-13-10-31(18-35)19-37(20-31)29(40)23(14-21-6-7-25(32)26(33)15-21)16-28(39)36-11-8-24(9-12-36)38-17-22-4-2-3-5-27(22)34-30(38)41/h2-7,15,23-24H,8-14,16-20H2,1H3,(H,34,41)/t23-/m1/s1. The number of carbonyl (C=O) groups is 3. The van der Waals surface area contributed by atoms with Gasteiger partial charge in [-0.1, -0.05) is 47.5 Å². The molecule has 0 bridgehead atoms. The number of amides is 4. The van der Waals surface area contributed by atoms with Crippen LogP contribution in [0.5, 0.6) is 0 Å². The molecule has 41 heavy (non-hydrogen) atoms. The summed E-state index contributed by atoms with van der Waals surface area (Å²) >= 11 is 12.4. The first-order valence-electron chi connectivity index (χ1n) is 14.5. The lowest BCUT2D eigenvalue weighted by atomic mass is 9.78. The van der Waals surface area contributed by atoms with E-state index in [-0.39, 0.29) is 35.7 Å². The van der Waals surface area contributed by atoms with Crippen LogP contribution in [0.1, 0.15) is 36.8 Å². The summed E-state index contributed by atoms with van der Waals surface area (Å²) in [4.78, 5) is 48.1. The number of nitrogens with one attached hydrogen (secondary N) is 1.